The van der Waals surface area contributed by atoms with Crippen molar-refractivity contribution in [2.45, 2.75) is 37.1 Å². The fraction of sp³-hybridized carbons (Fsp3) is 0.286. The molecule has 1 aromatic carbocycles. The van der Waals surface area contributed by atoms with Crippen LogP contribution in [0.2, 0.25) is 0 Å². The fourth-order valence-electron chi connectivity index (χ4n) is 3.94. The number of hydrogen-bond donors (Lipinski definition) is 1. The van der Waals surface area contributed by atoms with Gasteiger partial charge in [-0.15, -0.1) is 22.7 Å². The summed E-state index contributed by atoms with van der Waals surface area (Å²) in [4.78, 5) is 16.1. The van der Waals surface area contributed by atoms with Gasteiger partial charge < -0.3 is 5.32 Å². The number of benzene rings is 1. The smallest absolute Gasteiger partial charge is 0.265 e. The molecule has 0 spiro atoms. The Morgan fingerprint density at radius 1 is 1.03 bits per heavy atom. The lowest BCUT2D eigenvalue weighted by Gasteiger charge is -2.26. The van der Waals surface area contributed by atoms with Crippen LogP contribution in [-0.4, -0.2) is 25.2 Å². The lowest BCUT2D eigenvalue weighted by molar-refractivity contribution is 0.103. The van der Waals surface area contributed by atoms with Gasteiger partial charge in [0.05, 0.1) is 9.77 Å². The predicted molar refractivity (Wildman–Crippen MR) is 116 cm³/mol. The van der Waals surface area contributed by atoms with E-state index in [0.29, 0.717) is 23.7 Å². The molecule has 5 rings (SSSR count). The number of rotatable bonds is 4. The topological polar surface area (TPSA) is 66.5 Å². The summed E-state index contributed by atoms with van der Waals surface area (Å²) in [5, 5.41) is 4.88. The molecular weight excluding hydrogens is 424 g/mol. The van der Waals surface area contributed by atoms with Crippen LogP contribution in [-0.2, 0) is 35.8 Å². The van der Waals surface area contributed by atoms with E-state index >= 15 is 0 Å². The van der Waals surface area contributed by atoms with Crippen molar-refractivity contribution in [1.82, 2.24) is 4.31 Å². The molecule has 0 unspecified atom stereocenters. The van der Waals surface area contributed by atoms with E-state index in [1.54, 1.807) is 35.6 Å². The molecule has 2 aliphatic rings. The van der Waals surface area contributed by atoms with Gasteiger partial charge >= 0.3 is 0 Å². The number of anilines is 1. The van der Waals surface area contributed by atoms with Crippen molar-refractivity contribution in [3.05, 3.63) is 67.5 Å². The molecule has 150 valence electrons. The van der Waals surface area contributed by atoms with Crippen LogP contribution in [0, 0.1) is 0 Å². The molecule has 0 saturated heterocycles. The third-order valence-electron chi connectivity index (χ3n) is 5.47. The molecule has 0 saturated carbocycles. The van der Waals surface area contributed by atoms with Crippen molar-refractivity contribution in [1.29, 1.82) is 0 Å². The molecule has 0 atom stereocenters. The Kier molecular flexibility index (Phi) is 4.82. The maximum Gasteiger partial charge on any atom is 0.265 e. The number of amides is 1. The number of fused-ring (bicyclic) bond motifs is 2. The van der Waals surface area contributed by atoms with Crippen LogP contribution < -0.4 is 5.32 Å². The Hall–Kier alpha value is -2.00. The maximum absolute atomic E-state index is 13.1. The third-order valence-corrected chi connectivity index (χ3v) is 9.57. The van der Waals surface area contributed by atoms with E-state index in [1.165, 1.54) is 31.0 Å². The maximum atomic E-state index is 13.1. The van der Waals surface area contributed by atoms with Crippen molar-refractivity contribution in [3.8, 4) is 0 Å². The Balaban J connectivity index is 1.35. The van der Waals surface area contributed by atoms with Gasteiger partial charge in [0.15, 0.2) is 0 Å². The summed E-state index contributed by atoms with van der Waals surface area (Å²) in [5.41, 5.74) is 2.85. The first-order chi connectivity index (χ1) is 14.0. The first-order valence-corrected chi connectivity index (χ1v) is 12.7. The van der Waals surface area contributed by atoms with Gasteiger partial charge in [-0.05, 0) is 72.5 Å². The summed E-state index contributed by atoms with van der Waals surface area (Å²) in [5.74, 6) is -0.181. The predicted octanol–water partition coefficient (Wildman–Crippen LogP) is 4.30. The summed E-state index contributed by atoms with van der Waals surface area (Å²) in [7, 11) is -3.61. The minimum atomic E-state index is -3.61. The van der Waals surface area contributed by atoms with Crippen molar-refractivity contribution >= 4 is 44.3 Å². The quantitative estimate of drug-likeness (QED) is 0.653. The van der Waals surface area contributed by atoms with Crippen LogP contribution in [0.15, 0.2) is 46.7 Å². The van der Waals surface area contributed by atoms with E-state index in [-0.39, 0.29) is 10.8 Å². The number of hydrogen-bond acceptors (Lipinski definition) is 5. The lowest BCUT2D eigenvalue weighted by atomic mass is 10.1. The zero-order valence-electron chi connectivity index (χ0n) is 15.7. The number of nitrogens with zero attached hydrogens (tertiary/aromatic N) is 1. The Bertz CT molecular complexity index is 1170. The molecule has 0 radical (unpaired) electrons. The molecule has 3 aromatic rings. The minimum absolute atomic E-state index is 0.181. The van der Waals surface area contributed by atoms with Crippen LogP contribution in [0.4, 0.5) is 5.69 Å². The van der Waals surface area contributed by atoms with Gasteiger partial charge in [-0.25, -0.2) is 8.42 Å². The van der Waals surface area contributed by atoms with E-state index in [0.717, 1.165) is 31.2 Å². The SMILES string of the molecule is O=C(Nc1cccc(S(=O)(=O)N2CCc3sccc3C2)c1)c1cc2c(s1)CCC2. The summed E-state index contributed by atoms with van der Waals surface area (Å²) in [6.45, 7) is 0.881. The molecule has 1 N–H and O–H groups in total. The monoisotopic (exact) mass is 444 g/mol. The highest BCUT2D eigenvalue weighted by Gasteiger charge is 2.29. The fourth-order valence-corrected chi connectivity index (χ4v) is 7.45. The third kappa shape index (κ3) is 3.54. The van der Waals surface area contributed by atoms with E-state index in [4.69, 9.17) is 0 Å². The van der Waals surface area contributed by atoms with Crippen LogP contribution >= 0.6 is 22.7 Å². The van der Waals surface area contributed by atoms with Gasteiger partial charge in [0.2, 0.25) is 10.0 Å². The Morgan fingerprint density at radius 3 is 2.79 bits per heavy atom. The zero-order valence-corrected chi connectivity index (χ0v) is 18.1. The van der Waals surface area contributed by atoms with Crippen molar-refractivity contribution in [3.63, 3.8) is 0 Å². The number of aryl methyl sites for hydroxylation is 2. The number of sulfonamides is 1. The highest BCUT2D eigenvalue weighted by atomic mass is 32.2. The molecule has 1 aliphatic heterocycles. The second-order valence-electron chi connectivity index (χ2n) is 7.35. The van der Waals surface area contributed by atoms with E-state index in [1.807, 2.05) is 17.5 Å². The first kappa shape index (κ1) is 19.0. The Morgan fingerprint density at radius 2 is 1.93 bits per heavy atom. The zero-order chi connectivity index (χ0) is 20.0. The molecule has 5 nitrogen and oxygen atoms in total. The number of nitrogens with one attached hydrogen (secondary N) is 1. The number of carbonyl (C=O) groups is 1. The lowest BCUT2D eigenvalue weighted by Crippen LogP contribution is -2.35. The van der Waals surface area contributed by atoms with E-state index < -0.39 is 10.0 Å². The average molecular weight is 445 g/mol. The molecule has 29 heavy (non-hydrogen) atoms. The van der Waals surface area contributed by atoms with Crippen LogP contribution in [0.25, 0.3) is 0 Å². The summed E-state index contributed by atoms with van der Waals surface area (Å²) in [6, 6.07) is 10.5. The minimum Gasteiger partial charge on any atom is -0.321 e. The van der Waals surface area contributed by atoms with Crippen molar-refractivity contribution in [2.24, 2.45) is 0 Å². The van der Waals surface area contributed by atoms with E-state index in [9.17, 15) is 13.2 Å². The number of carbonyl (C=O) groups excluding carboxylic acids is 1. The van der Waals surface area contributed by atoms with Gasteiger partial charge in [-0.3, -0.25) is 4.79 Å². The first-order valence-electron chi connectivity index (χ1n) is 9.59. The Labute approximate surface area is 178 Å². The van der Waals surface area contributed by atoms with Crippen LogP contribution in [0.5, 0.6) is 0 Å². The van der Waals surface area contributed by atoms with Gasteiger partial charge in [0, 0.05) is 28.5 Å². The largest absolute Gasteiger partial charge is 0.321 e. The van der Waals surface area contributed by atoms with Crippen molar-refractivity contribution < 1.29 is 13.2 Å². The second-order valence-corrected chi connectivity index (χ2v) is 11.4. The average Bonchev–Trinajstić information content (AvgIpc) is 3.43. The molecule has 3 heterocycles. The highest BCUT2D eigenvalue weighted by molar-refractivity contribution is 7.89. The van der Waals surface area contributed by atoms with Crippen molar-refractivity contribution in [2.75, 3.05) is 11.9 Å². The molecule has 2 aromatic heterocycles. The molecule has 0 bridgehead atoms. The van der Waals surface area contributed by atoms with Gasteiger partial charge in [0.25, 0.3) is 5.91 Å². The standard InChI is InChI=1S/C21H20N2O3S3/c24-21(20-11-14-3-1-6-19(14)28-20)22-16-4-2-5-17(12-16)29(25,26)23-9-7-18-15(13-23)8-10-27-18/h2,4-5,8,10-12H,1,3,6-7,9,13H2,(H,22,24). The summed E-state index contributed by atoms with van der Waals surface area (Å²) < 4.78 is 27.8. The van der Waals surface area contributed by atoms with Crippen LogP contribution in [0.1, 0.15) is 37.0 Å². The molecule has 0 fully saturated rings. The van der Waals surface area contributed by atoms with Crippen LogP contribution in [0.3, 0.4) is 0 Å². The highest BCUT2D eigenvalue weighted by Crippen LogP contribution is 2.32. The van der Waals surface area contributed by atoms with Gasteiger partial charge in [-0.1, -0.05) is 6.07 Å². The number of thiophene rings is 2. The molecular formula is C21H20N2O3S3. The summed E-state index contributed by atoms with van der Waals surface area (Å²) in [6.07, 6.45) is 3.98. The summed E-state index contributed by atoms with van der Waals surface area (Å²) >= 11 is 3.22. The normalized spacial score (nSPS) is 16.4. The van der Waals surface area contributed by atoms with E-state index in [2.05, 4.69) is 5.32 Å². The molecule has 1 aliphatic carbocycles. The second kappa shape index (κ2) is 7.36. The van der Waals surface area contributed by atoms with Gasteiger partial charge in [-0.2, -0.15) is 4.31 Å². The molecule has 1 amide bonds. The van der Waals surface area contributed by atoms with Gasteiger partial charge in [0.1, 0.15) is 0 Å². The molecule has 8 heteroatoms.